The van der Waals surface area contributed by atoms with Crippen molar-refractivity contribution in [1.82, 2.24) is 10.2 Å². The van der Waals surface area contributed by atoms with E-state index in [0.717, 1.165) is 25.7 Å². The summed E-state index contributed by atoms with van der Waals surface area (Å²) < 4.78 is 5.81. The molecule has 1 aliphatic heterocycles. The molecular formula is C16H30N4O. The predicted molar refractivity (Wildman–Crippen MR) is 85.5 cm³/mol. The van der Waals surface area contributed by atoms with E-state index in [1.807, 2.05) is 0 Å². The van der Waals surface area contributed by atoms with Crippen molar-refractivity contribution in [3.8, 4) is 0 Å². The molecule has 3 rings (SSSR count). The van der Waals surface area contributed by atoms with Gasteiger partial charge in [0.05, 0.1) is 19.3 Å². The second-order valence-electron chi connectivity index (χ2n) is 6.78. The highest BCUT2D eigenvalue weighted by atomic mass is 16.5. The van der Waals surface area contributed by atoms with Gasteiger partial charge in [0.1, 0.15) is 0 Å². The third-order valence-corrected chi connectivity index (χ3v) is 4.91. The minimum absolute atomic E-state index is 0.217. The Morgan fingerprint density at radius 3 is 2.62 bits per heavy atom. The maximum absolute atomic E-state index is 6.05. The van der Waals surface area contributed by atoms with Crippen molar-refractivity contribution in [2.45, 2.75) is 69.6 Å². The summed E-state index contributed by atoms with van der Waals surface area (Å²) in [6.07, 6.45) is 10.7. The highest BCUT2D eigenvalue weighted by molar-refractivity contribution is 5.78. The summed E-state index contributed by atoms with van der Waals surface area (Å²) >= 11 is 0. The lowest BCUT2D eigenvalue weighted by atomic mass is 10.1. The van der Waals surface area contributed by atoms with Gasteiger partial charge in [0, 0.05) is 25.2 Å². The van der Waals surface area contributed by atoms with Crippen LogP contribution in [0.5, 0.6) is 0 Å². The third kappa shape index (κ3) is 4.85. The molecule has 0 radical (unpaired) electrons. The molecule has 2 saturated carbocycles. The van der Waals surface area contributed by atoms with Crippen molar-refractivity contribution in [1.29, 1.82) is 0 Å². The first-order valence-electron chi connectivity index (χ1n) is 8.73. The minimum atomic E-state index is 0.217. The summed E-state index contributed by atoms with van der Waals surface area (Å²) in [6.45, 7) is 3.63. The number of nitrogens with zero attached hydrogens (tertiary/aromatic N) is 2. The van der Waals surface area contributed by atoms with E-state index in [9.17, 15) is 0 Å². The van der Waals surface area contributed by atoms with E-state index in [1.54, 1.807) is 0 Å². The summed E-state index contributed by atoms with van der Waals surface area (Å²) in [5.41, 5.74) is 6.05. The third-order valence-electron chi connectivity index (χ3n) is 4.91. The van der Waals surface area contributed by atoms with Gasteiger partial charge in [-0.2, -0.15) is 0 Å². The highest BCUT2D eigenvalue weighted by Gasteiger charge is 2.32. The monoisotopic (exact) mass is 294 g/mol. The van der Waals surface area contributed by atoms with Gasteiger partial charge in [-0.05, 0) is 25.7 Å². The molecule has 5 nitrogen and oxygen atoms in total. The van der Waals surface area contributed by atoms with Crippen LogP contribution in [0.25, 0.3) is 0 Å². The molecule has 1 saturated heterocycles. The van der Waals surface area contributed by atoms with Crippen LogP contribution in [0.1, 0.15) is 51.4 Å². The Morgan fingerprint density at radius 1 is 1.14 bits per heavy atom. The summed E-state index contributed by atoms with van der Waals surface area (Å²) in [5, 5.41) is 3.40. The maximum atomic E-state index is 6.05. The van der Waals surface area contributed by atoms with Crippen LogP contribution in [0, 0.1) is 0 Å². The van der Waals surface area contributed by atoms with Crippen LogP contribution in [0.2, 0.25) is 0 Å². The van der Waals surface area contributed by atoms with Gasteiger partial charge in [-0.25, -0.2) is 0 Å². The Kier molecular flexibility index (Phi) is 5.36. The Labute approximate surface area is 128 Å². The van der Waals surface area contributed by atoms with E-state index in [2.05, 4.69) is 15.2 Å². The second kappa shape index (κ2) is 7.45. The predicted octanol–water partition coefficient (Wildman–Crippen LogP) is 1.48. The Hall–Kier alpha value is -0.810. The van der Waals surface area contributed by atoms with Gasteiger partial charge in [0.25, 0.3) is 0 Å². The average molecular weight is 294 g/mol. The number of hydrogen-bond acceptors (Lipinski definition) is 3. The number of guanidine groups is 1. The van der Waals surface area contributed by atoms with Crippen molar-refractivity contribution in [3.05, 3.63) is 0 Å². The fourth-order valence-corrected chi connectivity index (χ4v) is 3.50. The van der Waals surface area contributed by atoms with Gasteiger partial charge in [-0.1, -0.05) is 25.7 Å². The molecule has 1 atom stereocenters. The Morgan fingerprint density at radius 2 is 1.90 bits per heavy atom. The van der Waals surface area contributed by atoms with Gasteiger partial charge in [-0.15, -0.1) is 0 Å². The van der Waals surface area contributed by atoms with Crippen molar-refractivity contribution < 1.29 is 4.74 Å². The van der Waals surface area contributed by atoms with Crippen LogP contribution in [0.4, 0.5) is 0 Å². The quantitative estimate of drug-likeness (QED) is 0.468. The van der Waals surface area contributed by atoms with Crippen molar-refractivity contribution in [2.24, 2.45) is 10.7 Å². The van der Waals surface area contributed by atoms with Gasteiger partial charge in [0.2, 0.25) is 0 Å². The molecule has 1 heterocycles. The van der Waals surface area contributed by atoms with Crippen molar-refractivity contribution >= 4 is 5.96 Å². The van der Waals surface area contributed by atoms with E-state index in [-0.39, 0.29) is 6.10 Å². The van der Waals surface area contributed by atoms with Crippen LogP contribution in [0.15, 0.2) is 4.99 Å². The molecule has 3 aliphatic rings. The first-order valence-corrected chi connectivity index (χ1v) is 8.73. The van der Waals surface area contributed by atoms with E-state index in [0.29, 0.717) is 18.5 Å². The number of hydrogen-bond donors (Lipinski definition) is 2. The van der Waals surface area contributed by atoms with Crippen LogP contribution >= 0.6 is 0 Å². The first-order chi connectivity index (χ1) is 10.3. The van der Waals surface area contributed by atoms with Gasteiger partial charge < -0.3 is 15.8 Å². The topological polar surface area (TPSA) is 62.9 Å². The number of nitrogens with two attached hydrogens (primary N) is 1. The molecular weight excluding hydrogens is 264 g/mol. The fourth-order valence-electron chi connectivity index (χ4n) is 3.50. The number of rotatable bonds is 4. The largest absolute Gasteiger partial charge is 0.374 e. The SMILES string of the molecule is NC(=NCC1CN(C2CC2)CCO1)NC1CCCCCC1. The van der Waals surface area contributed by atoms with Crippen LogP contribution in [0.3, 0.4) is 0 Å². The molecule has 0 amide bonds. The standard InChI is InChI=1S/C16H30N4O/c17-16(19-13-5-3-1-2-4-6-13)18-11-15-12-20(9-10-21-15)14-7-8-14/h13-15H,1-12H2,(H3,17,18,19). The Balaban J connectivity index is 1.41. The smallest absolute Gasteiger partial charge is 0.188 e. The van der Waals surface area contributed by atoms with Gasteiger partial charge >= 0.3 is 0 Å². The second-order valence-corrected chi connectivity index (χ2v) is 6.78. The van der Waals surface area contributed by atoms with Gasteiger partial charge in [-0.3, -0.25) is 9.89 Å². The molecule has 0 aromatic heterocycles. The summed E-state index contributed by atoms with van der Waals surface area (Å²) in [4.78, 5) is 7.07. The molecule has 0 spiro atoms. The molecule has 2 aliphatic carbocycles. The fraction of sp³-hybridized carbons (Fsp3) is 0.938. The maximum Gasteiger partial charge on any atom is 0.188 e. The highest BCUT2D eigenvalue weighted by Crippen LogP contribution is 2.28. The molecule has 120 valence electrons. The van der Waals surface area contributed by atoms with E-state index >= 15 is 0 Å². The molecule has 0 bridgehead atoms. The number of nitrogens with one attached hydrogen (secondary N) is 1. The van der Waals surface area contributed by atoms with Gasteiger partial charge in [0.15, 0.2) is 5.96 Å². The molecule has 0 aromatic rings. The molecule has 5 heteroatoms. The van der Waals surface area contributed by atoms with Crippen molar-refractivity contribution in [2.75, 3.05) is 26.2 Å². The van der Waals surface area contributed by atoms with Crippen molar-refractivity contribution in [3.63, 3.8) is 0 Å². The summed E-state index contributed by atoms with van der Waals surface area (Å²) in [5.74, 6) is 0.606. The average Bonchev–Trinajstić information content (AvgIpc) is 3.33. The summed E-state index contributed by atoms with van der Waals surface area (Å²) in [7, 11) is 0. The van der Waals surface area contributed by atoms with Crippen LogP contribution in [-0.2, 0) is 4.74 Å². The van der Waals surface area contributed by atoms with E-state index in [1.165, 1.54) is 51.4 Å². The van der Waals surface area contributed by atoms with E-state index in [4.69, 9.17) is 10.5 Å². The zero-order chi connectivity index (χ0) is 14.5. The molecule has 0 aromatic carbocycles. The number of ether oxygens (including phenoxy) is 1. The lowest BCUT2D eigenvalue weighted by Gasteiger charge is -2.32. The Bertz CT molecular complexity index is 348. The minimum Gasteiger partial charge on any atom is -0.374 e. The number of morpholine rings is 1. The normalized spacial score (nSPS) is 30.1. The number of aliphatic imine (C=N–C) groups is 1. The van der Waals surface area contributed by atoms with E-state index < -0.39 is 0 Å². The zero-order valence-electron chi connectivity index (χ0n) is 13.1. The lowest BCUT2D eigenvalue weighted by molar-refractivity contribution is -0.0259. The first kappa shape index (κ1) is 15.1. The molecule has 21 heavy (non-hydrogen) atoms. The molecule has 3 N–H and O–H groups in total. The molecule has 1 unspecified atom stereocenters. The summed E-state index contributed by atoms with van der Waals surface area (Å²) in [6, 6.07) is 1.34. The zero-order valence-corrected chi connectivity index (χ0v) is 13.1. The van der Waals surface area contributed by atoms with Crippen LogP contribution < -0.4 is 11.1 Å². The lowest BCUT2D eigenvalue weighted by Crippen LogP contribution is -2.45. The van der Waals surface area contributed by atoms with Crippen LogP contribution in [-0.4, -0.2) is 55.3 Å². The molecule has 3 fully saturated rings.